The molecule has 0 aliphatic carbocycles. The zero-order valence-electron chi connectivity index (χ0n) is 12.1. The SMILES string of the molecule is Cc1nc2ccccc2n1Cc1cc(=O)n2ccccc2n1. The number of para-hydroxylation sites is 2. The molecule has 0 aliphatic heterocycles. The standard InChI is InChI=1S/C17H14N4O/c1-12-18-14-6-2-3-7-15(14)21(12)11-13-10-17(22)20-9-5-4-8-16(20)19-13/h2-10H,11H2,1H3. The van der Waals surface area contributed by atoms with Gasteiger partial charge < -0.3 is 4.57 Å². The van der Waals surface area contributed by atoms with Crippen LogP contribution in [0.2, 0.25) is 0 Å². The lowest BCUT2D eigenvalue weighted by Crippen LogP contribution is -2.16. The van der Waals surface area contributed by atoms with Crippen molar-refractivity contribution in [2.24, 2.45) is 0 Å². The Morgan fingerprint density at radius 2 is 1.86 bits per heavy atom. The van der Waals surface area contributed by atoms with E-state index in [1.807, 2.05) is 49.4 Å². The molecule has 0 spiro atoms. The number of rotatable bonds is 2. The van der Waals surface area contributed by atoms with Crippen molar-refractivity contribution in [2.75, 3.05) is 0 Å². The van der Waals surface area contributed by atoms with Gasteiger partial charge in [0.2, 0.25) is 0 Å². The van der Waals surface area contributed by atoms with Crippen LogP contribution in [0.25, 0.3) is 16.7 Å². The summed E-state index contributed by atoms with van der Waals surface area (Å²) in [6.45, 7) is 2.50. The fraction of sp³-hybridized carbons (Fsp3) is 0.118. The van der Waals surface area contributed by atoms with Gasteiger partial charge in [0.1, 0.15) is 11.5 Å². The van der Waals surface area contributed by atoms with Gasteiger partial charge in [0.05, 0.1) is 23.3 Å². The predicted octanol–water partition coefficient (Wildman–Crippen LogP) is 2.40. The van der Waals surface area contributed by atoms with E-state index < -0.39 is 0 Å². The van der Waals surface area contributed by atoms with Crippen LogP contribution in [0.1, 0.15) is 11.5 Å². The van der Waals surface area contributed by atoms with Crippen molar-refractivity contribution in [1.82, 2.24) is 18.9 Å². The molecule has 5 nitrogen and oxygen atoms in total. The minimum Gasteiger partial charge on any atom is -0.322 e. The van der Waals surface area contributed by atoms with Gasteiger partial charge in [0.15, 0.2) is 0 Å². The molecular weight excluding hydrogens is 276 g/mol. The van der Waals surface area contributed by atoms with Crippen molar-refractivity contribution >= 4 is 16.7 Å². The molecule has 0 N–H and O–H groups in total. The van der Waals surface area contributed by atoms with Crippen molar-refractivity contribution in [3.05, 3.63) is 76.6 Å². The first kappa shape index (κ1) is 12.8. The van der Waals surface area contributed by atoms with Crippen molar-refractivity contribution in [3.63, 3.8) is 0 Å². The van der Waals surface area contributed by atoms with Gasteiger partial charge in [0, 0.05) is 12.3 Å². The Morgan fingerprint density at radius 3 is 2.77 bits per heavy atom. The highest BCUT2D eigenvalue weighted by Gasteiger charge is 2.09. The summed E-state index contributed by atoms with van der Waals surface area (Å²) in [5.41, 5.74) is 3.34. The fourth-order valence-electron chi connectivity index (χ4n) is 2.74. The maximum atomic E-state index is 12.2. The summed E-state index contributed by atoms with van der Waals surface area (Å²) in [6, 6.07) is 15.1. The highest BCUT2D eigenvalue weighted by Crippen LogP contribution is 2.16. The molecule has 3 heterocycles. The first-order valence-corrected chi connectivity index (χ1v) is 7.11. The topological polar surface area (TPSA) is 52.2 Å². The normalized spacial score (nSPS) is 11.3. The molecule has 4 aromatic rings. The number of aryl methyl sites for hydroxylation is 1. The van der Waals surface area contributed by atoms with E-state index in [0.29, 0.717) is 12.2 Å². The van der Waals surface area contributed by atoms with Crippen molar-refractivity contribution in [1.29, 1.82) is 0 Å². The second-order valence-electron chi connectivity index (χ2n) is 5.25. The van der Waals surface area contributed by atoms with Gasteiger partial charge in [0.25, 0.3) is 5.56 Å². The van der Waals surface area contributed by atoms with Crippen LogP contribution in [0.4, 0.5) is 0 Å². The first-order valence-electron chi connectivity index (χ1n) is 7.11. The predicted molar refractivity (Wildman–Crippen MR) is 85.0 cm³/mol. The Balaban J connectivity index is 1.86. The molecule has 108 valence electrons. The van der Waals surface area contributed by atoms with Gasteiger partial charge >= 0.3 is 0 Å². The summed E-state index contributed by atoms with van der Waals surface area (Å²) in [5, 5.41) is 0. The molecule has 0 atom stereocenters. The highest BCUT2D eigenvalue weighted by atomic mass is 16.1. The monoisotopic (exact) mass is 290 g/mol. The Kier molecular flexibility index (Phi) is 2.79. The largest absolute Gasteiger partial charge is 0.322 e. The van der Waals surface area contributed by atoms with Crippen molar-refractivity contribution in [2.45, 2.75) is 13.5 Å². The third-order valence-electron chi connectivity index (χ3n) is 3.79. The number of imidazole rings is 1. The van der Waals surface area contributed by atoms with Gasteiger partial charge in [-0.15, -0.1) is 0 Å². The third kappa shape index (κ3) is 1.98. The Labute approximate surface area is 126 Å². The van der Waals surface area contributed by atoms with E-state index in [1.165, 1.54) is 0 Å². The highest BCUT2D eigenvalue weighted by molar-refractivity contribution is 5.75. The van der Waals surface area contributed by atoms with Gasteiger partial charge in [-0.1, -0.05) is 18.2 Å². The lowest BCUT2D eigenvalue weighted by molar-refractivity contribution is 0.760. The van der Waals surface area contributed by atoms with Crippen molar-refractivity contribution in [3.8, 4) is 0 Å². The van der Waals surface area contributed by atoms with E-state index in [9.17, 15) is 4.79 Å². The van der Waals surface area contributed by atoms with Crippen LogP contribution in [0.15, 0.2) is 59.5 Å². The number of nitrogens with zero attached hydrogens (tertiary/aromatic N) is 4. The van der Waals surface area contributed by atoms with E-state index in [0.717, 1.165) is 22.6 Å². The number of hydrogen-bond donors (Lipinski definition) is 0. The minimum atomic E-state index is -0.0670. The van der Waals surface area contributed by atoms with Crippen molar-refractivity contribution < 1.29 is 0 Å². The molecule has 0 fully saturated rings. The summed E-state index contributed by atoms with van der Waals surface area (Å²) < 4.78 is 3.62. The van der Waals surface area contributed by atoms with Gasteiger partial charge in [-0.3, -0.25) is 9.20 Å². The molecule has 0 radical (unpaired) electrons. The number of aromatic nitrogens is 4. The van der Waals surface area contributed by atoms with Gasteiger partial charge in [-0.25, -0.2) is 9.97 Å². The number of benzene rings is 1. The molecule has 4 rings (SSSR count). The molecule has 0 saturated carbocycles. The molecule has 0 saturated heterocycles. The average Bonchev–Trinajstić information content (AvgIpc) is 2.84. The molecule has 0 amide bonds. The summed E-state index contributed by atoms with van der Waals surface area (Å²) in [7, 11) is 0. The van der Waals surface area contributed by atoms with Gasteiger partial charge in [-0.05, 0) is 31.2 Å². The smallest absolute Gasteiger partial charge is 0.258 e. The van der Waals surface area contributed by atoms with E-state index in [2.05, 4.69) is 14.5 Å². The number of pyridine rings is 1. The lowest BCUT2D eigenvalue weighted by Gasteiger charge is -2.07. The van der Waals surface area contributed by atoms with Crippen LogP contribution in [0.5, 0.6) is 0 Å². The zero-order valence-corrected chi connectivity index (χ0v) is 12.1. The van der Waals surface area contributed by atoms with Crippen LogP contribution in [-0.4, -0.2) is 18.9 Å². The van der Waals surface area contributed by atoms with Gasteiger partial charge in [-0.2, -0.15) is 0 Å². The minimum absolute atomic E-state index is 0.0670. The molecule has 5 heteroatoms. The maximum Gasteiger partial charge on any atom is 0.258 e. The van der Waals surface area contributed by atoms with E-state index in [-0.39, 0.29) is 5.56 Å². The van der Waals surface area contributed by atoms with E-state index in [1.54, 1.807) is 16.7 Å². The summed E-state index contributed by atoms with van der Waals surface area (Å²) in [5.74, 6) is 0.913. The van der Waals surface area contributed by atoms with Crippen LogP contribution in [0.3, 0.4) is 0 Å². The summed E-state index contributed by atoms with van der Waals surface area (Å²) in [6.07, 6.45) is 1.73. The maximum absolute atomic E-state index is 12.2. The van der Waals surface area contributed by atoms with Crippen LogP contribution in [0, 0.1) is 6.92 Å². The molecule has 0 bridgehead atoms. The third-order valence-corrected chi connectivity index (χ3v) is 3.79. The number of hydrogen-bond acceptors (Lipinski definition) is 3. The molecule has 0 unspecified atom stereocenters. The quantitative estimate of drug-likeness (QED) is 0.569. The summed E-state index contributed by atoms with van der Waals surface area (Å²) >= 11 is 0. The fourth-order valence-corrected chi connectivity index (χ4v) is 2.74. The lowest BCUT2D eigenvalue weighted by atomic mass is 10.3. The Morgan fingerprint density at radius 1 is 1.05 bits per heavy atom. The average molecular weight is 290 g/mol. The molecule has 22 heavy (non-hydrogen) atoms. The second kappa shape index (κ2) is 4.80. The second-order valence-corrected chi connectivity index (χ2v) is 5.25. The Hall–Kier alpha value is -2.95. The molecule has 1 aromatic carbocycles. The van der Waals surface area contributed by atoms with Crippen LogP contribution in [-0.2, 0) is 6.54 Å². The summed E-state index contributed by atoms with van der Waals surface area (Å²) in [4.78, 5) is 21.3. The van der Waals surface area contributed by atoms with E-state index in [4.69, 9.17) is 0 Å². The molecule has 0 aliphatic rings. The molecule has 3 aromatic heterocycles. The van der Waals surface area contributed by atoms with Crippen LogP contribution < -0.4 is 5.56 Å². The number of fused-ring (bicyclic) bond motifs is 2. The zero-order chi connectivity index (χ0) is 15.1. The first-order chi connectivity index (χ1) is 10.7. The Bertz CT molecular complexity index is 1050. The van der Waals surface area contributed by atoms with E-state index >= 15 is 0 Å². The van der Waals surface area contributed by atoms with Crippen LogP contribution >= 0.6 is 0 Å². The molecular formula is C17H14N4O.